The van der Waals surface area contributed by atoms with Crippen LogP contribution in [-0.2, 0) is 4.79 Å². The van der Waals surface area contributed by atoms with Crippen LogP contribution in [0.3, 0.4) is 0 Å². The maximum Gasteiger partial charge on any atom is 0.222 e. The lowest BCUT2D eigenvalue weighted by Crippen LogP contribution is -2.23. The van der Waals surface area contributed by atoms with Gasteiger partial charge < -0.3 is 10.1 Å². The number of amides is 1. The summed E-state index contributed by atoms with van der Waals surface area (Å²) < 4.78 is 6.04. The fraction of sp³-hybridized carbons (Fsp3) is 0.273. The molecule has 0 aliphatic heterocycles. The Kier molecular flexibility index (Phi) is 5.40. The molecule has 0 atom stereocenters. The van der Waals surface area contributed by atoms with Crippen LogP contribution in [0.15, 0.2) is 48.8 Å². The predicted molar refractivity (Wildman–Crippen MR) is 110 cm³/mol. The molecule has 28 heavy (non-hydrogen) atoms. The number of rotatable bonds is 4. The van der Waals surface area contributed by atoms with E-state index in [-0.39, 0.29) is 11.5 Å². The van der Waals surface area contributed by atoms with Crippen LogP contribution in [0.1, 0.15) is 33.4 Å². The van der Waals surface area contributed by atoms with E-state index in [1.54, 1.807) is 12.4 Å². The number of carbonyl (C=O) groups is 1. The van der Waals surface area contributed by atoms with E-state index in [4.69, 9.17) is 9.72 Å². The van der Waals surface area contributed by atoms with Gasteiger partial charge in [0.15, 0.2) is 0 Å². The van der Waals surface area contributed by atoms with Crippen LogP contribution in [0, 0.1) is 6.92 Å². The van der Waals surface area contributed by atoms with Gasteiger partial charge in [0, 0.05) is 36.6 Å². The maximum absolute atomic E-state index is 11.4. The minimum Gasteiger partial charge on any atom is -0.472 e. The lowest BCUT2D eigenvalue weighted by atomic mass is 10.0. The van der Waals surface area contributed by atoms with Gasteiger partial charge in [-0.2, -0.15) is 0 Å². The molecule has 0 unspecified atom stereocenters. The van der Waals surface area contributed by atoms with Crippen molar-refractivity contribution in [2.45, 2.75) is 40.2 Å². The molecule has 0 bridgehead atoms. The quantitative estimate of drug-likeness (QED) is 0.717. The van der Waals surface area contributed by atoms with Gasteiger partial charge in [0.05, 0.1) is 5.69 Å². The van der Waals surface area contributed by atoms with Crippen LogP contribution in [0.4, 0.5) is 5.82 Å². The first-order valence-electron chi connectivity index (χ1n) is 9.08. The third kappa shape index (κ3) is 4.91. The van der Waals surface area contributed by atoms with Gasteiger partial charge in [-0.1, -0.05) is 0 Å². The van der Waals surface area contributed by atoms with Gasteiger partial charge in [0.2, 0.25) is 11.8 Å². The highest BCUT2D eigenvalue weighted by atomic mass is 16.5. The third-order valence-electron chi connectivity index (χ3n) is 3.89. The molecule has 6 heteroatoms. The third-order valence-corrected chi connectivity index (χ3v) is 3.89. The number of nitrogens with one attached hydrogen (secondary N) is 1. The standard InChI is InChI=1S/C22H24N4O2/c1-14-18(7-6-9-23-14)19-11-17(13-21(26-19)28-22(3,4)5)16-8-10-24-20(12-16)25-15(2)27/h6-13H,1-5H3,(H,24,25,27). The molecule has 3 rings (SSSR count). The highest BCUT2D eigenvalue weighted by Crippen LogP contribution is 2.31. The van der Waals surface area contributed by atoms with Gasteiger partial charge in [0.1, 0.15) is 11.4 Å². The molecule has 1 N–H and O–H groups in total. The Bertz CT molecular complexity index is 1010. The van der Waals surface area contributed by atoms with Crippen molar-refractivity contribution in [1.29, 1.82) is 0 Å². The molecule has 0 spiro atoms. The summed E-state index contributed by atoms with van der Waals surface area (Å²) >= 11 is 0. The van der Waals surface area contributed by atoms with E-state index in [9.17, 15) is 4.79 Å². The van der Waals surface area contributed by atoms with Crippen LogP contribution < -0.4 is 10.1 Å². The summed E-state index contributed by atoms with van der Waals surface area (Å²) in [6.45, 7) is 9.36. The van der Waals surface area contributed by atoms with Gasteiger partial charge in [-0.05, 0) is 69.2 Å². The van der Waals surface area contributed by atoms with E-state index in [1.807, 2.05) is 64.1 Å². The van der Waals surface area contributed by atoms with Crippen molar-refractivity contribution in [3.8, 4) is 28.3 Å². The van der Waals surface area contributed by atoms with Crippen molar-refractivity contribution in [1.82, 2.24) is 15.0 Å². The summed E-state index contributed by atoms with van der Waals surface area (Å²) in [6, 6.07) is 11.5. The molecular weight excluding hydrogens is 352 g/mol. The van der Waals surface area contributed by atoms with E-state index in [0.717, 1.165) is 28.1 Å². The number of anilines is 1. The second kappa shape index (κ2) is 7.76. The summed E-state index contributed by atoms with van der Waals surface area (Å²) in [5.41, 5.74) is 4.05. The Morgan fingerprint density at radius 3 is 2.50 bits per heavy atom. The van der Waals surface area contributed by atoms with Crippen LogP contribution >= 0.6 is 0 Å². The second-order valence-electron chi connectivity index (χ2n) is 7.54. The molecule has 6 nitrogen and oxygen atoms in total. The molecule has 0 saturated carbocycles. The molecule has 1 amide bonds. The SMILES string of the molecule is CC(=O)Nc1cc(-c2cc(OC(C)(C)C)nc(-c3cccnc3C)c2)ccn1. The molecule has 3 aromatic heterocycles. The summed E-state index contributed by atoms with van der Waals surface area (Å²) in [4.78, 5) is 24.6. The van der Waals surface area contributed by atoms with Gasteiger partial charge in [-0.15, -0.1) is 0 Å². The summed E-state index contributed by atoms with van der Waals surface area (Å²) in [5.74, 6) is 0.864. The summed E-state index contributed by atoms with van der Waals surface area (Å²) in [7, 11) is 0. The Morgan fingerprint density at radius 1 is 1.04 bits per heavy atom. The number of aromatic nitrogens is 3. The molecule has 3 heterocycles. The molecule has 0 radical (unpaired) electrons. The Labute approximate surface area is 165 Å². The van der Waals surface area contributed by atoms with Crippen molar-refractivity contribution >= 4 is 11.7 Å². The molecule has 0 saturated heterocycles. The van der Waals surface area contributed by atoms with E-state index in [0.29, 0.717) is 11.7 Å². The summed E-state index contributed by atoms with van der Waals surface area (Å²) in [6.07, 6.45) is 3.43. The van der Waals surface area contributed by atoms with E-state index < -0.39 is 0 Å². The maximum atomic E-state index is 11.4. The summed E-state index contributed by atoms with van der Waals surface area (Å²) in [5, 5.41) is 2.72. The first-order valence-corrected chi connectivity index (χ1v) is 9.08. The Hall–Kier alpha value is -3.28. The lowest BCUT2D eigenvalue weighted by Gasteiger charge is -2.21. The normalized spacial score (nSPS) is 11.2. The van der Waals surface area contributed by atoms with Crippen molar-refractivity contribution in [3.05, 3.63) is 54.5 Å². The highest BCUT2D eigenvalue weighted by molar-refractivity contribution is 5.88. The Balaban J connectivity index is 2.13. The van der Waals surface area contributed by atoms with Crippen LogP contribution in [0.2, 0.25) is 0 Å². The zero-order valence-electron chi connectivity index (χ0n) is 16.8. The largest absolute Gasteiger partial charge is 0.472 e. The number of carbonyl (C=O) groups excluding carboxylic acids is 1. The van der Waals surface area contributed by atoms with Gasteiger partial charge in [0.25, 0.3) is 0 Å². The zero-order valence-corrected chi connectivity index (χ0v) is 16.8. The van der Waals surface area contributed by atoms with Gasteiger partial charge in [-0.3, -0.25) is 9.78 Å². The Morgan fingerprint density at radius 2 is 1.82 bits per heavy atom. The number of ether oxygens (including phenoxy) is 1. The monoisotopic (exact) mass is 376 g/mol. The molecule has 0 fully saturated rings. The van der Waals surface area contributed by atoms with Crippen molar-refractivity contribution < 1.29 is 9.53 Å². The average Bonchev–Trinajstić information content (AvgIpc) is 2.60. The fourth-order valence-corrected chi connectivity index (χ4v) is 2.79. The highest BCUT2D eigenvalue weighted by Gasteiger charge is 2.16. The predicted octanol–water partition coefficient (Wildman–Crippen LogP) is 4.65. The average molecular weight is 376 g/mol. The lowest BCUT2D eigenvalue weighted by molar-refractivity contribution is -0.114. The minimum absolute atomic E-state index is 0.164. The minimum atomic E-state index is -0.382. The first kappa shape index (κ1) is 19.5. The molecule has 3 aromatic rings. The van der Waals surface area contributed by atoms with Crippen molar-refractivity contribution in [2.75, 3.05) is 5.32 Å². The number of nitrogens with zero attached hydrogens (tertiary/aromatic N) is 3. The van der Waals surface area contributed by atoms with E-state index in [1.165, 1.54) is 6.92 Å². The number of aryl methyl sites for hydroxylation is 1. The van der Waals surface area contributed by atoms with Crippen LogP contribution in [0.25, 0.3) is 22.4 Å². The molecule has 0 aromatic carbocycles. The zero-order chi connectivity index (χ0) is 20.3. The van der Waals surface area contributed by atoms with Crippen molar-refractivity contribution in [3.63, 3.8) is 0 Å². The van der Waals surface area contributed by atoms with Crippen LogP contribution in [0.5, 0.6) is 5.88 Å². The van der Waals surface area contributed by atoms with Crippen LogP contribution in [-0.4, -0.2) is 26.5 Å². The fourth-order valence-electron chi connectivity index (χ4n) is 2.79. The smallest absolute Gasteiger partial charge is 0.222 e. The van der Waals surface area contributed by atoms with E-state index in [2.05, 4.69) is 15.3 Å². The number of hydrogen-bond acceptors (Lipinski definition) is 5. The van der Waals surface area contributed by atoms with Gasteiger partial charge in [-0.25, -0.2) is 9.97 Å². The molecule has 144 valence electrons. The molecular formula is C22H24N4O2. The molecule has 0 aliphatic rings. The number of hydrogen-bond donors (Lipinski definition) is 1. The van der Waals surface area contributed by atoms with Gasteiger partial charge >= 0.3 is 0 Å². The first-order chi connectivity index (χ1) is 13.2. The number of pyridine rings is 3. The molecule has 0 aliphatic carbocycles. The van der Waals surface area contributed by atoms with Crippen molar-refractivity contribution in [2.24, 2.45) is 0 Å². The topological polar surface area (TPSA) is 77.0 Å². The van der Waals surface area contributed by atoms with E-state index >= 15 is 0 Å². The second-order valence-corrected chi connectivity index (χ2v) is 7.54.